The van der Waals surface area contributed by atoms with E-state index < -0.39 is 0 Å². The molecule has 0 atom stereocenters. The first-order valence-corrected chi connectivity index (χ1v) is 3.42. The third-order valence-corrected chi connectivity index (χ3v) is 1.41. The van der Waals surface area contributed by atoms with E-state index in [-0.39, 0.29) is 5.78 Å². The van der Waals surface area contributed by atoms with E-state index in [0.717, 1.165) is 5.71 Å². The van der Waals surface area contributed by atoms with E-state index in [2.05, 4.69) is 20.9 Å². The van der Waals surface area contributed by atoms with E-state index in [9.17, 15) is 4.79 Å². The Hall–Kier alpha value is -0.440. The Morgan fingerprint density at radius 3 is 2.89 bits per heavy atom. The molecule has 0 saturated heterocycles. The molecular weight excluding hydrogens is 182 g/mol. The molecule has 1 rings (SSSR count). The van der Waals surface area contributed by atoms with Crippen molar-refractivity contribution in [1.29, 1.82) is 0 Å². The molecule has 0 aromatic carbocycles. The second-order valence-corrected chi connectivity index (χ2v) is 2.77. The molecule has 1 heterocycles. The molecular formula is C6H6BrNO. The van der Waals surface area contributed by atoms with Crippen molar-refractivity contribution in [3.63, 3.8) is 0 Å². The fourth-order valence-corrected chi connectivity index (χ4v) is 1.25. The zero-order valence-electron chi connectivity index (χ0n) is 5.02. The van der Waals surface area contributed by atoms with Crippen LogP contribution in [-0.4, -0.2) is 11.5 Å². The number of hydrogen-bond donors (Lipinski definition) is 0. The van der Waals surface area contributed by atoms with E-state index in [0.29, 0.717) is 11.0 Å². The second kappa shape index (κ2) is 2.43. The van der Waals surface area contributed by atoms with Gasteiger partial charge in [0.2, 0.25) is 0 Å². The van der Waals surface area contributed by atoms with Crippen LogP contribution in [0.25, 0.3) is 0 Å². The number of aliphatic imine (C=N–C) groups is 1. The van der Waals surface area contributed by atoms with Gasteiger partial charge in [0.25, 0.3) is 0 Å². The van der Waals surface area contributed by atoms with E-state index in [1.165, 1.54) is 6.08 Å². The van der Waals surface area contributed by atoms with Crippen LogP contribution in [0.15, 0.2) is 15.7 Å². The van der Waals surface area contributed by atoms with Crippen LogP contribution in [0.2, 0.25) is 0 Å². The lowest BCUT2D eigenvalue weighted by Gasteiger charge is -2.01. The molecule has 3 heteroatoms. The van der Waals surface area contributed by atoms with Crippen LogP contribution in [-0.2, 0) is 4.79 Å². The average molecular weight is 188 g/mol. The molecule has 0 N–H and O–H groups in total. The van der Waals surface area contributed by atoms with Crippen molar-refractivity contribution in [3.8, 4) is 0 Å². The minimum atomic E-state index is 0.120. The number of carbonyl (C=O) groups excluding carboxylic acids is 1. The summed E-state index contributed by atoms with van der Waals surface area (Å²) >= 11 is 3.12. The van der Waals surface area contributed by atoms with E-state index in [1.807, 2.05) is 6.92 Å². The molecule has 0 radical (unpaired) electrons. The predicted molar refractivity (Wildman–Crippen MR) is 39.7 cm³/mol. The molecule has 0 unspecified atom stereocenters. The SMILES string of the molecule is CC1=NC(Br)=CC(=O)C1. The number of ketones is 1. The summed E-state index contributed by atoms with van der Waals surface area (Å²) in [4.78, 5) is 14.7. The molecule has 48 valence electrons. The van der Waals surface area contributed by atoms with Gasteiger partial charge in [-0.25, -0.2) is 0 Å². The molecule has 0 amide bonds. The largest absolute Gasteiger partial charge is 0.294 e. The van der Waals surface area contributed by atoms with Gasteiger partial charge in [0.15, 0.2) is 5.78 Å². The van der Waals surface area contributed by atoms with Crippen molar-refractivity contribution in [3.05, 3.63) is 10.7 Å². The van der Waals surface area contributed by atoms with Crippen molar-refractivity contribution >= 4 is 27.4 Å². The van der Waals surface area contributed by atoms with Crippen LogP contribution in [0.4, 0.5) is 0 Å². The summed E-state index contributed by atoms with van der Waals surface area (Å²) in [5.41, 5.74) is 0.870. The Balaban J connectivity index is 2.86. The third-order valence-electron chi connectivity index (χ3n) is 1.01. The summed E-state index contributed by atoms with van der Waals surface area (Å²) in [7, 11) is 0. The molecule has 0 bridgehead atoms. The Morgan fingerprint density at radius 2 is 2.44 bits per heavy atom. The molecule has 0 aromatic rings. The van der Waals surface area contributed by atoms with E-state index >= 15 is 0 Å². The van der Waals surface area contributed by atoms with Crippen LogP contribution in [0, 0.1) is 0 Å². The topological polar surface area (TPSA) is 29.4 Å². The quantitative estimate of drug-likeness (QED) is 0.531. The van der Waals surface area contributed by atoms with Gasteiger partial charge in [0, 0.05) is 18.2 Å². The summed E-state index contributed by atoms with van der Waals surface area (Å²) in [6, 6.07) is 0. The lowest BCUT2D eigenvalue weighted by atomic mass is 10.2. The molecule has 0 fully saturated rings. The molecule has 2 nitrogen and oxygen atoms in total. The van der Waals surface area contributed by atoms with Gasteiger partial charge in [-0.1, -0.05) is 0 Å². The molecule has 9 heavy (non-hydrogen) atoms. The van der Waals surface area contributed by atoms with Crippen molar-refractivity contribution < 1.29 is 4.79 Å². The number of nitrogens with zero attached hydrogens (tertiary/aromatic N) is 1. The van der Waals surface area contributed by atoms with Crippen molar-refractivity contribution in [2.75, 3.05) is 0 Å². The van der Waals surface area contributed by atoms with Gasteiger partial charge in [-0.3, -0.25) is 9.79 Å². The van der Waals surface area contributed by atoms with Gasteiger partial charge in [-0.05, 0) is 22.9 Å². The maximum atomic E-state index is 10.7. The first-order valence-electron chi connectivity index (χ1n) is 2.62. The van der Waals surface area contributed by atoms with Crippen LogP contribution in [0.1, 0.15) is 13.3 Å². The Labute approximate surface area is 61.8 Å². The van der Waals surface area contributed by atoms with Crippen LogP contribution in [0.5, 0.6) is 0 Å². The molecule has 1 aliphatic rings. The fourth-order valence-electron chi connectivity index (χ4n) is 0.690. The number of halogens is 1. The maximum Gasteiger partial charge on any atom is 0.163 e. The summed E-state index contributed by atoms with van der Waals surface area (Å²) in [5, 5.41) is 0. The monoisotopic (exact) mass is 187 g/mol. The van der Waals surface area contributed by atoms with Gasteiger partial charge in [0.05, 0.1) is 0 Å². The summed E-state index contributed by atoms with van der Waals surface area (Å²) in [5.74, 6) is 0.120. The molecule has 0 aromatic heterocycles. The highest BCUT2D eigenvalue weighted by Crippen LogP contribution is 2.13. The van der Waals surface area contributed by atoms with Crippen LogP contribution < -0.4 is 0 Å². The van der Waals surface area contributed by atoms with Crippen LogP contribution >= 0.6 is 15.9 Å². The number of rotatable bonds is 0. The standard InChI is InChI=1S/C6H6BrNO/c1-4-2-5(9)3-6(7)8-4/h3H,2H2,1H3. The van der Waals surface area contributed by atoms with E-state index in [1.54, 1.807) is 0 Å². The van der Waals surface area contributed by atoms with Gasteiger partial charge >= 0.3 is 0 Å². The Kier molecular flexibility index (Phi) is 1.81. The highest BCUT2D eigenvalue weighted by atomic mass is 79.9. The predicted octanol–water partition coefficient (Wildman–Crippen LogP) is 1.66. The van der Waals surface area contributed by atoms with Crippen molar-refractivity contribution in [1.82, 2.24) is 0 Å². The fraction of sp³-hybridized carbons (Fsp3) is 0.333. The minimum Gasteiger partial charge on any atom is -0.294 e. The maximum absolute atomic E-state index is 10.7. The first-order chi connectivity index (χ1) is 4.18. The summed E-state index contributed by atoms with van der Waals surface area (Å²) < 4.78 is 0.635. The highest BCUT2D eigenvalue weighted by molar-refractivity contribution is 9.11. The van der Waals surface area contributed by atoms with Crippen LogP contribution in [0.3, 0.4) is 0 Å². The molecule has 0 aliphatic carbocycles. The highest BCUT2D eigenvalue weighted by Gasteiger charge is 2.06. The van der Waals surface area contributed by atoms with E-state index in [4.69, 9.17) is 0 Å². The van der Waals surface area contributed by atoms with Gasteiger partial charge in [-0.2, -0.15) is 0 Å². The lowest BCUT2D eigenvalue weighted by Crippen LogP contribution is -2.05. The summed E-state index contributed by atoms with van der Waals surface area (Å²) in [6.45, 7) is 1.84. The average Bonchev–Trinajstić information content (AvgIpc) is 1.59. The normalized spacial score (nSPS) is 19.1. The lowest BCUT2D eigenvalue weighted by molar-refractivity contribution is -0.113. The smallest absolute Gasteiger partial charge is 0.163 e. The zero-order chi connectivity index (χ0) is 6.85. The Morgan fingerprint density at radius 1 is 1.78 bits per heavy atom. The van der Waals surface area contributed by atoms with Gasteiger partial charge in [0.1, 0.15) is 4.61 Å². The number of carbonyl (C=O) groups is 1. The minimum absolute atomic E-state index is 0.120. The number of hydrogen-bond acceptors (Lipinski definition) is 2. The van der Waals surface area contributed by atoms with Gasteiger partial charge < -0.3 is 0 Å². The molecule has 0 spiro atoms. The van der Waals surface area contributed by atoms with Crippen molar-refractivity contribution in [2.24, 2.45) is 4.99 Å². The first kappa shape index (κ1) is 6.68. The second-order valence-electron chi connectivity index (χ2n) is 1.96. The molecule has 0 saturated carbocycles. The zero-order valence-corrected chi connectivity index (χ0v) is 6.60. The number of allylic oxidation sites excluding steroid dienone is 1. The summed E-state index contributed by atoms with van der Waals surface area (Å²) in [6.07, 6.45) is 1.96. The third kappa shape index (κ3) is 1.75. The molecule has 1 aliphatic heterocycles. The van der Waals surface area contributed by atoms with Crippen molar-refractivity contribution in [2.45, 2.75) is 13.3 Å². The van der Waals surface area contributed by atoms with Gasteiger partial charge in [-0.15, -0.1) is 0 Å². The Bertz CT molecular complexity index is 205.